The first-order valence-electron chi connectivity index (χ1n) is 6.55. The van der Waals surface area contributed by atoms with Crippen LogP contribution in [0.3, 0.4) is 0 Å². The molecule has 2 N–H and O–H groups in total. The van der Waals surface area contributed by atoms with Gasteiger partial charge < -0.3 is 15.2 Å². The molecular weight excluding hydrogens is 250 g/mol. The monoisotopic (exact) mass is 267 g/mol. The molecule has 0 amide bonds. The maximum atomic E-state index is 6.40. The molecule has 1 aromatic carbocycles. The minimum Gasteiger partial charge on any atom is -0.490 e. The predicted molar refractivity (Wildman–Crippen MR) is 71.6 cm³/mol. The van der Waals surface area contributed by atoms with Crippen molar-refractivity contribution in [2.75, 3.05) is 19.8 Å². The zero-order chi connectivity index (χ0) is 12.6. The highest BCUT2D eigenvalue weighted by Gasteiger charge is 2.42. The molecule has 0 aromatic heterocycles. The molecule has 2 aliphatic rings. The van der Waals surface area contributed by atoms with Gasteiger partial charge in [0.1, 0.15) is 0 Å². The zero-order valence-corrected chi connectivity index (χ0v) is 11.1. The van der Waals surface area contributed by atoms with Gasteiger partial charge in [-0.15, -0.1) is 0 Å². The molecule has 4 heteroatoms. The zero-order valence-electron chi connectivity index (χ0n) is 10.4. The van der Waals surface area contributed by atoms with E-state index in [1.165, 1.54) is 6.42 Å². The molecule has 0 saturated heterocycles. The molecule has 3 nitrogen and oxygen atoms in total. The molecular formula is C14H18ClNO2. The highest BCUT2D eigenvalue weighted by Crippen LogP contribution is 2.52. The lowest BCUT2D eigenvalue weighted by Gasteiger charge is -2.42. The van der Waals surface area contributed by atoms with Gasteiger partial charge in [-0.3, -0.25) is 0 Å². The quantitative estimate of drug-likeness (QED) is 0.896. The fourth-order valence-corrected chi connectivity index (χ4v) is 3.21. The van der Waals surface area contributed by atoms with Crippen molar-refractivity contribution < 1.29 is 9.47 Å². The van der Waals surface area contributed by atoms with Gasteiger partial charge >= 0.3 is 0 Å². The molecule has 98 valence electrons. The van der Waals surface area contributed by atoms with E-state index in [1.807, 2.05) is 12.1 Å². The summed E-state index contributed by atoms with van der Waals surface area (Å²) in [6, 6.07) is 3.80. The van der Waals surface area contributed by atoms with Gasteiger partial charge in [-0.25, -0.2) is 0 Å². The molecule has 1 aliphatic heterocycles. The molecule has 18 heavy (non-hydrogen) atoms. The molecule has 1 saturated carbocycles. The minimum absolute atomic E-state index is 0.00384. The van der Waals surface area contributed by atoms with Gasteiger partial charge in [0.15, 0.2) is 11.5 Å². The Labute approximate surface area is 112 Å². The molecule has 0 bridgehead atoms. The summed E-state index contributed by atoms with van der Waals surface area (Å²) in [6.07, 6.45) is 4.28. The molecule has 1 aliphatic carbocycles. The van der Waals surface area contributed by atoms with Crippen molar-refractivity contribution in [3.63, 3.8) is 0 Å². The topological polar surface area (TPSA) is 44.5 Å². The highest BCUT2D eigenvalue weighted by molar-refractivity contribution is 6.31. The summed E-state index contributed by atoms with van der Waals surface area (Å²) >= 11 is 6.40. The fraction of sp³-hybridized carbons (Fsp3) is 0.571. The Morgan fingerprint density at radius 1 is 1.17 bits per heavy atom. The third-order valence-electron chi connectivity index (χ3n) is 4.10. The maximum absolute atomic E-state index is 6.40. The van der Waals surface area contributed by atoms with E-state index in [1.54, 1.807) is 0 Å². The van der Waals surface area contributed by atoms with Crippen molar-refractivity contribution in [2.45, 2.75) is 31.1 Å². The molecule has 0 atom stereocenters. The van der Waals surface area contributed by atoms with Crippen LogP contribution < -0.4 is 15.2 Å². The molecule has 0 unspecified atom stereocenters. The van der Waals surface area contributed by atoms with Crippen LogP contribution in [0, 0.1) is 0 Å². The Hall–Kier alpha value is -0.930. The van der Waals surface area contributed by atoms with Crippen molar-refractivity contribution in [2.24, 2.45) is 5.73 Å². The number of nitrogens with two attached hydrogens (primary N) is 1. The molecule has 3 rings (SSSR count). The van der Waals surface area contributed by atoms with E-state index in [-0.39, 0.29) is 5.41 Å². The Morgan fingerprint density at radius 3 is 2.61 bits per heavy atom. The largest absolute Gasteiger partial charge is 0.490 e. The lowest BCUT2D eigenvalue weighted by Crippen LogP contribution is -2.42. The SMILES string of the molecule is NCC1(c2c(Cl)ccc3c2OCCCO3)CCC1. The van der Waals surface area contributed by atoms with E-state index in [4.69, 9.17) is 26.8 Å². The summed E-state index contributed by atoms with van der Waals surface area (Å²) in [6.45, 7) is 2.00. The van der Waals surface area contributed by atoms with Gasteiger partial charge in [0.2, 0.25) is 0 Å². The summed E-state index contributed by atoms with van der Waals surface area (Å²) < 4.78 is 11.6. The first-order chi connectivity index (χ1) is 8.77. The Kier molecular flexibility index (Phi) is 3.12. The first-order valence-corrected chi connectivity index (χ1v) is 6.93. The van der Waals surface area contributed by atoms with Crippen LogP contribution in [0.2, 0.25) is 5.02 Å². The van der Waals surface area contributed by atoms with E-state index in [0.717, 1.165) is 41.3 Å². The predicted octanol–water partition coefficient (Wildman–Crippen LogP) is 2.88. The normalized spacial score (nSPS) is 21.0. The van der Waals surface area contributed by atoms with Crippen LogP contribution in [0.15, 0.2) is 12.1 Å². The van der Waals surface area contributed by atoms with E-state index in [0.29, 0.717) is 19.8 Å². The van der Waals surface area contributed by atoms with Gasteiger partial charge in [0.25, 0.3) is 0 Å². The summed E-state index contributed by atoms with van der Waals surface area (Å²) in [5, 5.41) is 0.754. The number of hydrogen-bond donors (Lipinski definition) is 1. The van der Waals surface area contributed by atoms with Gasteiger partial charge in [-0.1, -0.05) is 18.0 Å². The van der Waals surface area contributed by atoms with Crippen molar-refractivity contribution in [1.82, 2.24) is 0 Å². The number of rotatable bonds is 2. The molecule has 1 aromatic rings. The van der Waals surface area contributed by atoms with E-state index in [2.05, 4.69) is 0 Å². The summed E-state index contributed by atoms with van der Waals surface area (Å²) in [4.78, 5) is 0. The van der Waals surface area contributed by atoms with Crippen molar-refractivity contribution in [1.29, 1.82) is 0 Å². The van der Waals surface area contributed by atoms with E-state index >= 15 is 0 Å². The van der Waals surface area contributed by atoms with Crippen LogP contribution in [0.4, 0.5) is 0 Å². The second-order valence-corrected chi connectivity index (χ2v) is 5.55. The summed E-state index contributed by atoms with van der Waals surface area (Å²) in [5.41, 5.74) is 7.05. The number of fused-ring (bicyclic) bond motifs is 1. The van der Waals surface area contributed by atoms with E-state index < -0.39 is 0 Å². The molecule has 1 fully saturated rings. The van der Waals surface area contributed by atoms with Crippen molar-refractivity contribution >= 4 is 11.6 Å². The van der Waals surface area contributed by atoms with Gasteiger partial charge in [0.05, 0.1) is 13.2 Å². The maximum Gasteiger partial charge on any atom is 0.166 e. The second kappa shape index (κ2) is 4.63. The summed E-state index contributed by atoms with van der Waals surface area (Å²) in [5.74, 6) is 1.64. The Bertz CT molecular complexity index is 452. The molecule has 1 heterocycles. The smallest absolute Gasteiger partial charge is 0.166 e. The lowest BCUT2D eigenvalue weighted by molar-refractivity contribution is 0.236. The Balaban J connectivity index is 2.12. The Morgan fingerprint density at radius 2 is 1.94 bits per heavy atom. The van der Waals surface area contributed by atoms with Crippen LogP contribution in [0.5, 0.6) is 11.5 Å². The van der Waals surface area contributed by atoms with Crippen LogP contribution in [0.25, 0.3) is 0 Å². The van der Waals surface area contributed by atoms with Crippen molar-refractivity contribution in [3.8, 4) is 11.5 Å². The number of benzene rings is 1. The molecule has 0 spiro atoms. The average molecular weight is 268 g/mol. The third kappa shape index (κ3) is 1.77. The van der Waals surface area contributed by atoms with Crippen LogP contribution in [-0.4, -0.2) is 19.8 Å². The van der Waals surface area contributed by atoms with Gasteiger partial charge in [-0.2, -0.15) is 0 Å². The third-order valence-corrected chi connectivity index (χ3v) is 4.41. The first kappa shape index (κ1) is 12.1. The highest BCUT2D eigenvalue weighted by atomic mass is 35.5. The molecule has 0 radical (unpaired) electrons. The van der Waals surface area contributed by atoms with Crippen molar-refractivity contribution in [3.05, 3.63) is 22.7 Å². The fourth-order valence-electron chi connectivity index (χ4n) is 2.87. The van der Waals surface area contributed by atoms with Crippen LogP contribution in [0.1, 0.15) is 31.2 Å². The van der Waals surface area contributed by atoms with Crippen LogP contribution >= 0.6 is 11.6 Å². The standard InChI is InChI=1S/C14H18ClNO2/c15-10-3-4-11-13(18-8-2-7-17-11)12(10)14(9-16)5-1-6-14/h3-4H,1-2,5-9,16H2. The lowest BCUT2D eigenvalue weighted by atomic mass is 9.64. The van der Waals surface area contributed by atoms with Gasteiger partial charge in [0, 0.05) is 29.0 Å². The minimum atomic E-state index is -0.00384. The number of ether oxygens (including phenoxy) is 2. The second-order valence-electron chi connectivity index (χ2n) is 5.14. The number of halogens is 1. The number of hydrogen-bond acceptors (Lipinski definition) is 3. The van der Waals surface area contributed by atoms with E-state index in [9.17, 15) is 0 Å². The summed E-state index contributed by atoms with van der Waals surface area (Å²) in [7, 11) is 0. The average Bonchev–Trinajstić information content (AvgIpc) is 2.56. The van der Waals surface area contributed by atoms with Gasteiger partial charge in [-0.05, 0) is 25.0 Å². The van der Waals surface area contributed by atoms with Crippen LogP contribution in [-0.2, 0) is 5.41 Å².